The fourth-order valence-electron chi connectivity index (χ4n) is 4.71. The second-order valence-corrected chi connectivity index (χ2v) is 12.8. The van der Waals surface area contributed by atoms with Crippen molar-refractivity contribution in [1.29, 1.82) is 0 Å². The first-order valence-electron chi connectivity index (χ1n) is 13.3. The van der Waals surface area contributed by atoms with Gasteiger partial charge in [0, 0.05) is 23.6 Å². The van der Waals surface area contributed by atoms with E-state index >= 15 is 0 Å². The van der Waals surface area contributed by atoms with Crippen LogP contribution in [0.15, 0.2) is 54.6 Å². The van der Waals surface area contributed by atoms with Crippen LogP contribution >= 0.6 is 11.3 Å². The molecule has 0 saturated heterocycles. The van der Waals surface area contributed by atoms with Crippen molar-refractivity contribution in [2.75, 3.05) is 10.6 Å². The molecule has 0 radical (unpaired) electrons. The Morgan fingerprint density at radius 3 is 2.00 bits per heavy atom. The molecule has 1 atom stereocenters. The molecule has 0 aliphatic rings. The molecular formula is C30H39N5O5S. The fourth-order valence-corrected chi connectivity index (χ4v) is 5.77. The third kappa shape index (κ3) is 7.55. The van der Waals surface area contributed by atoms with Gasteiger partial charge in [0.15, 0.2) is 5.13 Å². The zero-order chi connectivity index (χ0) is 30.6. The van der Waals surface area contributed by atoms with Crippen LogP contribution in [0.25, 0.3) is 10.4 Å². The van der Waals surface area contributed by atoms with Crippen molar-refractivity contribution in [2.24, 2.45) is 5.41 Å². The number of hydrogen-bond donors (Lipinski definition) is 5. The first kappa shape index (κ1) is 31.4. The number of rotatable bonds is 9. The standard InChI is InChI=1S/C30H39N5O5S/c1-19(36)31-25-32-23(24(41-25)21-11-9-8-10-12-21)18-15-20-13-16-22(17-14-20)33-30(28(2,3)4,34-26(37)38)35(27(39)40)29(5,6)7/h8-14,16-17,33-34H,15,18H2,1-7H3,(H,37,38)(H,39,40)(H,31,32,36). The van der Waals surface area contributed by atoms with Gasteiger partial charge in [-0.25, -0.2) is 14.6 Å². The fraction of sp³-hybridized carbons (Fsp3) is 0.400. The Kier molecular flexibility index (Phi) is 9.33. The van der Waals surface area contributed by atoms with Crippen LogP contribution in [0, 0.1) is 5.41 Å². The highest BCUT2D eigenvalue weighted by Gasteiger charge is 2.54. The predicted octanol–water partition coefficient (Wildman–Crippen LogP) is 6.71. The molecule has 1 unspecified atom stereocenters. The summed E-state index contributed by atoms with van der Waals surface area (Å²) in [5, 5.41) is 29.0. The minimum absolute atomic E-state index is 0.176. The van der Waals surface area contributed by atoms with Gasteiger partial charge in [0.25, 0.3) is 0 Å². The van der Waals surface area contributed by atoms with Crippen LogP contribution in [0.2, 0.25) is 0 Å². The second-order valence-electron chi connectivity index (χ2n) is 11.8. The monoisotopic (exact) mass is 581 g/mol. The van der Waals surface area contributed by atoms with Crippen molar-refractivity contribution in [3.05, 3.63) is 65.9 Å². The predicted molar refractivity (Wildman–Crippen MR) is 162 cm³/mol. The number of carbonyl (C=O) groups is 3. The van der Waals surface area contributed by atoms with Gasteiger partial charge in [0.2, 0.25) is 11.7 Å². The number of anilines is 2. The van der Waals surface area contributed by atoms with Crippen LogP contribution < -0.4 is 16.0 Å². The number of aromatic nitrogens is 1. The molecule has 0 aliphatic heterocycles. The van der Waals surface area contributed by atoms with Gasteiger partial charge < -0.3 is 20.8 Å². The van der Waals surface area contributed by atoms with E-state index in [0.717, 1.165) is 26.6 Å². The van der Waals surface area contributed by atoms with Gasteiger partial charge in [-0.05, 0) is 56.9 Å². The number of amides is 3. The maximum atomic E-state index is 12.5. The molecule has 0 bridgehead atoms. The average Bonchev–Trinajstić information content (AvgIpc) is 3.23. The molecule has 10 nitrogen and oxygen atoms in total. The Morgan fingerprint density at radius 1 is 0.902 bits per heavy atom. The number of nitrogens with zero attached hydrogens (tertiary/aromatic N) is 2. The summed E-state index contributed by atoms with van der Waals surface area (Å²) in [5.41, 5.74) is 1.66. The molecule has 0 fully saturated rings. The molecule has 0 spiro atoms. The molecular weight excluding hydrogens is 542 g/mol. The minimum Gasteiger partial charge on any atom is -0.465 e. The molecule has 11 heteroatoms. The molecule has 3 amide bonds. The lowest BCUT2D eigenvalue weighted by molar-refractivity contribution is -0.114. The number of hydrogen-bond acceptors (Lipinski definition) is 6. The SMILES string of the molecule is CC(=O)Nc1nc(CCc2ccc(NC(NC(=O)O)(N(C(=O)O)C(C)(C)C)C(C)(C)C)cc2)c(-c2ccccc2)s1. The summed E-state index contributed by atoms with van der Waals surface area (Å²) in [4.78, 5) is 42.9. The lowest BCUT2D eigenvalue weighted by Gasteiger charge is -2.55. The Balaban J connectivity index is 1.90. The zero-order valence-electron chi connectivity index (χ0n) is 24.5. The van der Waals surface area contributed by atoms with Crippen LogP contribution in [0.3, 0.4) is 0 Å². The summed E-state index contributed by atoms with van der Waals surface area (Å²) in [7, 11) is 0. The van der Waals surface area contributed by atoms with Gasteiger partial charge in [-0.2, -0.15) is 0 Å². The average molecular weight is 582 g/mol. The van der Waals surface area contributed by atoms with E-state index in [-0.39, 0.29) is 5.91 Å². The minimum atomic E-state index is -1.68. The third-order valence-electron chi connectivity index (χ3n) is 6.52. The van der Waals surface area contributed by atoms with E-state index in [2.05, 4.69) is 20.9 Å². The van der Waals surface area contributed by atoms with Gasteiger partial charge in [0.05, 0.1) is 10.6 Å². The highest BCUT2D eigenvalue weighted by molar-refractivity contribution is 7.19. The van der Waals surface area contributed by atoms with Crippen molar-refractivity contribution in [2.45, 2.75) is 72.6 Å². The van der Waals surface area contributed by atoms with E-state index < -0.39 is 28.9 Å². The van der Waals surface area contributed by atoms with E-state index in [1.54, 1.807) is 41.5 Å². The number of benzene rings is 2. The molecule has 3 rings (SSSR count). The van der Waals surface area contributed by atoms with Crippen molar-refractivity contribution < 1.29 is 24.6 Å². The molecule has 3 aromatic rings. The topological polar surface area (TPSA) is 144 Å². The van der Waals surface area contributed by atoms with Crippen LogP contribution in [-0.4, -0.2) is 49.5 Å². The molecule has 0 aliphatic carbocycles. The molecule has 1 heterocycles. The maximum Gasteiger partial charge on any atom is 0.411 e. The van der Waals surface area contributed by atoms with Crippen LogP contribution in [0.1, 0.15) is 59.7 Å². The Labute approximate surface area is 244 Å². The van der Waals surface area contributed by atoms with E-state index in [4.69, 9.17) is 0 Å². The van der Waals surface area contributed by atoms with Gasteiger partial charge in [-0.15, -0.1) is 0 Å². The molecule has 220 valence electrons. The van der Waals surface area contributed by atoms with Crippen LogP contribution in [0.4, 0.5) is 20.4 Å². The Hall–Kier alpha value is -4.12. The molecule has 1 aromatic heterocycles. The summed E-state index contributed by atoms with van der Waals surface area (Å²) in [6.45, 7) is 11.9. The Morgan fingerprint density at radius 2 is 1.51 bits per heavy atom. The highest BCUT2D eigenvalue weighted by atomic mass is 32.1. The van der Waals surface area contributed by atoms with E-state index in [9.17, 15) is 24.6 Å². The van der Waals surface area contributed by atoms with Crippen molar-refractivity contribution >= 4 is 40.2 Å². The largest absolute Gasteiger partial charge is 0.465 e. The quantitative estimate of drug-likeness (QED) is 0.177. The van der Waals surface area contributed by atoms with Crippen molar-refractivity contribution in [3.8, 4) is 10.4 Å². The van der Waals surface area contributed by atoms with E-state index in [0.29, 0.717) is 23.7 Å². The first-order chi connectivity index (χ1) is 19.0. The normalized spacial score (nSPS) is 13.1. The lowest BCUT2D eigenvalue weighted by Crippen LogP contribution is -2.76. The summed E-state index contributed by atoms with van der Waals surface area (Å²) in [6, 6.07) is 17.4. The summed E-state index contributed by atoms with van der Waals surface area (Å²) < 4.78 is 0. The first-order valence-corrected chi connectivity index (χ1v) is 14.1. The third-order valence-corrected chi connectivity index (χ3v) is 7.58. The van der Waals surface area contributed by atoms with Crippen molar-refractivity contribution in [3.63, 3.8) is 0 Å². The number of thiazole rings is 1. The van der Waals surface area contributed by atoms with Crippen LogP contribution in [0.5, 0.6) is 0 Å². The van der Waals surface area contributed by atoms with E-state index in [1.165, 1.54) is 18.3 Å². The van der Waals surface area contributed by atoms with E-state index in [1.807, 2.05) is 54.6 Å². The van der Waals surface area contributed by atoms with Gasteiger partial charge in [0.1, 0.15) is 0 Å². The highest BCUT2D eigenvalue weighted by Crippen LogP contribution is 2.39. The molecule has 41 heavy (non-hydrogen) atoms. The van der Waals surface area contributed by atoms with Crippen LogP contribution in [-0.2, 0) is 17.6 Å². The summed E-state index contributed by atoms with van der Waals surface area (Å²) >= 11 is 1.44. The maximum absolute atomic E-state index is 12.5. The van der Waals surface area contributed by atoms with Gasteiger partial charge >= 0.3 is 12.2 Å². The summed E-state index contributed by atoms with van der Waals surface area (Å²) in [5.74, 6) is -1.86. The molecule has 0 saturated carbocycles. The lowest BCUT2D eigenvalue weighted by atomic mass is 9.82. The number of carbonyl (C=O) groups excluding carboxylic acids is 1. The summed E-state index contributed by atoms with van der Waals surface area (Å²) in [6.07, 6.45) is -1.31. The molecule has 2 aromatic carbocycles. The number of nitrogens with one attached hydrogen (secondary N) is 3. The second kappa shape index (κ2) is 12.2. The Bertz CT molecular complexity index is 1380. The smallest absolute Gasteiger partial charge is 0.411 e. The zero-order valence-corrected chi connectivity index (χ0v) is 25.3. The van der Waals surface area contributed by atoms with Gasteiger partial charge in [-0.1, -0.05) is 74.6 Å². The molecule has 5 N–H and O–H groups in total. The number of carboxylic acid groups (broad SMARTS) is 2. The number of aryl methyl sites for hydroxylation is 2. The van der Waals surface area contributed by atoms with Crippen molar-refractivity contribution in [1.82, 2.24) is 15.2 Å². The van der Waals surface area contributed by atoms with Gasteiger partial charge in [-0.3, -0.25) is 15.0 Å².